The highest BCUT2D eigenvalue weighted by Gasteiger charge is 2.31. The summed E-state index contributed by atoms with van der Waals surface area (Å²) >= 11 is 0. The van der Waals surface area contributed by atoms with Gasteiger partial charge in [0.1, 0.15) is 30.1 Å². The third-order valence-corrected chi connectivity index (χ3v) is 3.81. The van der Waals surface area contributed by atoms with Crippen LogP contribution in [0.3, 0.4) is 0 Å². The Morgan fingerprint density at radius 1 is 1.12 bits per heavy atom. The molecule has 1 aromatic carbocycles. The van der Waals surface area contributed by atoms with Gasteiger partial charge in [0.05, 0.1) is 13.2 Å². The summed E-state index contributed by atoms with van der Waals surface area (Å²) in [6.07, 6.45) is -0.694. The van der Waals surface area contributed by atoms with Gasteiger partial charge in [-0.05, 0) is 38.5 Å². The molecular formula is C19H31NO6. The van der Waals surface area contributed by atoms with Gasteiger partial charge in [0.25, 0.3) is 0 Å². The summed E-state index contributed by atoms with van der Waals surface area (Å²) in [6.45, 7) is 6.71. The average Bonchev–Trinajstić information content (AvgIpc) is 2.60. The molecule has 0 radical (unpaired) electrons. The molecule has 1 rings (SSSR count). The van der Waals surface area contributed by atoms with Crippen LogP contribution in [0.25, 0.3) is 0 Å². The second-order valence-electron chi connectivity index (χ2n) is 7.70. The van der Waals surface area contributed by atoms with Crippen molar-refractivity contribution in [2.45, 2.75) is 45.4 Å². The van der Waals surface area contributed by atoms with E-state index in [0.717, 1.165) is 0 Å². The number of carbonyl (C=O) groups is 1. The summed E-state index contributed by atoms with van der Waals surface area (Å²) in [7, 11) is 1.46. The maximum atomic E-state index is 12.2. The molecule has 0 aromatic heterocycles. The third-order valence-electron chi connectivity index (χ3n) is 3.81. The topological polar surface area (TPSA) is 111 Å². The number of hydrogen-bond acceptors (Lipinski definition) is 7. The smallest absolute Gasteiger partial charge is 0.326 e. The van der Waals surface area contributed by atoms with Gasteiger partial charge in [0, 0.05) is 12.5 Å². The van der Waals surface area contributed by atoms with E-state index in [2.05, 4.69) is 0 Å². The van der Waals surface area contributed by atoms with Gasteiger partial charge in [0.2, 0.25) is 0 Å². The molecule has 26 heavy (non-hydrogen) atoms. The van der Waals surface area contributed by atoms with Crippen LogP contribution in [0.5, 0.6) is 5.75 Å². The molecule has 1 aromatic rings. The van der Waals surface area contributed by atoms with Crippen molar-refractivity contribution in [3.05, 3.63) is 29.8 Å². The van der Waals surface area contributed by atoms with Crippen molar-refractivity contribution in [2.75, 3.05) is 26.9 Å². The lowest BCUT2D eigenvalue weighted by atomic mass is 9.94. The maximum absolute atomic E-state index is 12.2. The molecule has 7 nitrogen and oxygen atoms in total. The van der Waals surface area contributed by atoms with Gasteiger partial charge < -0.3 is 30.2 Å². The van der Waals surface area contributed by atoms with Crippen molar-refractivity contribution >= 4 is 5.97 Å². The zero-order valence-electron chi connectivity index (χ0n) is 16.2. The normalized spacial score (nSPS) is 14.6. The highest BCUT2D eigenvalue weighted by molar-refractivity contribution is 5.76. The number of ether oxygens (including phenoxy) is 3. The number of esters is 1. The van der Waals surface area contributed by atoms with E-state index < -0.39 is 23.5 Å². The fourth-order valence-electron chi connectivity index (χ4n) is 2.18. The second-order valence-corrected chi connectivity index (χ2v) is 7.70. The quantitative estimate of drug-likeness (QED) is 0.564. The first-order chi connectivity index (χ1) is 12.0. The van der Waals surface area contributed by atoms with Crippen LogP contribution < -0.4 is 10.5 Å². The Kier molecular flexibility index (Phi) is 8.02. The summed E-state index contributed by atoms with van der Waals surface area (Å²) in [5, 5.41) is 18.5. The number of benzene rings is 1. The zero-order valence-corrected chi connectivity index (χ0v) is 16.2. The van der Waals surface area contributed by atoms with Crippen molar-refractivity contribution in [1.82, 2.24) is 0 Å². The molecule has 2 atom stereocenters. The van der Waals surface area contributed by atoms with Crippen molar-refractivity contribution in [2.24, 2.45) is 11.1 Å². The number of carbonyl (C=O) groups excluding carboxylic acids is 1. The molecule has 0 amide bonds. The summed E-state index contributed by atoms with van der Waals surface area (Å²) in [5.41, 5.74) is 5.49. The van der Waals surface area contributed by atoms with E-state index in [1.807, 2.05) is 20.8 Å². The minimum Gasteiger partial charge on any atom is -0.488 e. The molecule has 0 aliphatic heterocycles. The molecule has 0 aliphatic carbocycles. The second kappa shape index (κ2) is 9.32. The molecule has 0 bridgehead atoms. The Labute approximate surface area is 155 Å². The van der Waals surface area contributed by atoms with E-state index in [1.165, 1.54) is 7.11 Å². The number of aliphatic hydroxyl groups is 2. The van der Waals surface area contributed by atoms with Gasteiger partial charge in [-0.15, -0.1) is 0 Å². The lowest BCUT2D eigenvalue weighted by Crippen LogP contribution is -2.41. The van der Waals surface area contributed by atoms with E-state index in [0.29, 0.717) is 11.3 Å². The largest absolute Gasteiger partial charge is 0.488 e. The van der Waals surface area contributed by atoms with Crippen molar-refractivity contribution < 1.29 is 29.2 Å². The van der Waals surface area contributed by atoms with Crippen LogP contribution in [0.1, 0.15) is 39.4 Å². The minimum absolute atomic E-state index is 0.138. The predicted octanol–water partition coefficient (Wildman–Crippen LogP) is 1.41. The van der Waals surface area contributed by atoms with Crippen LogP contribution in [0, 0.1) is 5.41 Å². The Hall–Kier alpha value is -1.67. The lowest BCUT2D eigenvalue weighted by Gasteiger charge is -2.27. The first-order valence-electron chi connectivity index (χ1n) is 8.51. The Morgan fingerprint density at radius 3 is 2.08 bits per heavy atom. The van der Waals surface area contributed by atoms with Crippen molar-refractivity contribution in [3.63, 3.8) is 0 Å². The van der Waals surface area contributed by atoms with Crippen LogP contribution in [-0.4, -0.2) is 54.8 Å². The van der Waals surface area contributed by atoms with Crippen LogP contribution in [0.4, 0.5) is 0 Å². The van der Waals surface area contributed by atoms with Gasteiger partial charge in [-0.25, -0.2) is 0 Å². The van der Waals surface area contributed by atoms with E-state index in [-0.39, 0.29) is 25.4 Å². The molecule has 0 saturated heterocycles. The highest BCUT2D eigenvalue weighted by Crippen LogP contribution is 2.25. The highest BCUT2D eigenvalue weighted by atomic mass is 16.5. The summed E-state index contributed by atoms with van der Waals surface area (Å²) in [4.78, 5) is 12.2. The SMILES string of the molecule is CO[C@H](c1ccc(OC(C)(C)C)cc1)[C@H](N)C(=O)OCC(C)(CO)CO. The monoisotopic (exact) mass is 369 g/mol. The van der Waals surface area contributed by atoms with Crippen molar-refractivity contribution in [3.8, 4) is 5.75 Å². The van der Waals surface area contributed by atoms with E-state index in [9.17, 15) is 15.0 Å². The van der Waals surface area contributed by atoms with E-state index in [4.69, 9.17) is 19.9 Å². The predicted molar refractivity (Wildman–Crippen MR) is 97.8 cm³/mol. The molecule has 4 N–H and O–H groups in total. The van der Waals surface area contributed by atoms with Gasteiger partial charge in [-0.1, -0.05) is 19.1 Å². The Bertz CT molecular complexity index is 562. The molecule has 0 heterocycles. The molecular weight excluding hydrogens is 338 g/mol. The van der Waals surface area contributed by atoms with Gasteiger partial charge in [-0.2, -0.15) is 0 Å². The summed E-state index contributed by atoms with van der Waals surface area (Å²) < 4.78 is 16.3. The van der Waals surface area contributed by atoms with Gasteiger partial charge in [0.15, 0.2) is 0 Å². The fraction of sp³-hybridized carbons (Fsp3) is 0.632. The zero-order chi connectivity index (χ0) is 20.0. The lowest BCUT2D eigenvalue weighted by molar-refractivity contribution is -0.154. The first kappa shape index (κ1) is 22.4. The number of hydrogen-bond donors (Lipinski definition) is 3. The number of nitrogens with two attached hydrogens (primary N) is 1. The molecule has 0 saturated carbocycles. The third kappa shape index (κ3) is 6.57. The fourth-order valence-corrected chi connectivity index (χ4v) is 2.18. The standard InChI is InChI=1S/C19H31NO6/c1-18(2,3)26-14-8-6-13(7-9-14)16(24-5)15(20)17(23)25-12-19(4,10-21)11-22/h6-9,15-16,21-22H,10-12,20H2,1-5H3/t15-,16+/m0/s1. The first-order valence-corrected chi connectivity index (χ1v) is 8.51. The summed E-state index contributed by atoms with van der Waals surface area (Å²) in [6, 6.07) is 6.11. The van der Waals surface area contributed by atoms with E-state index >= 15 is 0 Å². The van der Waals surface area contributed by atoms with Crippen LogP contribution in [-0.2, 0) is 14.3 Å². The molecule has 0 unspecified atom stereocenters. The molecule has 0 aliphatic rings. The van der Waals surface area contributed by atoms with Crippen LogP contribution in [0.15, 0.2) is 24.3 Å². The summed E-state index contributed by atoms with van der Waals surface area (Å²) in [5.74, 6) is 0.0360. The Balaban J connectivity index is 2.79. The molecule has 0 spiro atoms. The maximum Gasteiger partial charge on any atom is 0.326 e. The Morgan fingerprint density at radius 2 is 1.65 bits per heavy atom. The molecule has 148 valence electrons. The van der Waals surface area contributed by atoms with Crippen LogP contribution >= 0.6 is 0 Å². The number of aliphatic hydroxyl groups excluding tert-OH is 2. The average molecular weight is 369 g/mol. The van der Waals surface area contributed by atoms with Gasteiger partial charge >= 0.3 is 5.97 Å². The molecule has 0 fully saturated rings. The minimum atomic E-state index is -1.05. The number of methoxy groups -OCH3 is 1. The molecule has 7 heteroatoms. The van der Waals surface area contributed by atoms with Crippen molar-refractivity contribution in [1.29, 1.82) is 0 Å². The van der Waals surface area contributed by atoms with Gasteiger partial charge in [-0.3, -0.25) is 4.79 Å². The number of rotatable bonds is 9. The van der Waals surface area contributed by atoms with E-state index in [1.54, 1.807) is 31.2 Å². The van der Waals surface area contributed by atoms with Crippen LogP contribution in [0.2, 0.25) is 0 Å².